The third-order valence-electron chi connectivity index (χ3n) is 5.68. The smallest absolute Gasteiger partial charge is 0.390 e. The Morgan fingerprint density at radius 2 is 2.03 bits per heavy atom. The first-order chi connectivity index (χ1) is 16.1. The van der Waals surface area contributed by atoms with Crippen LogP contribution in [0.1, 0.15) is 30.4 Å². The zero-order valence-electron chi connectivity index (χ0n) is 18.0. The summed E-state index contributed by atoms with van der Waals surface area (Å²) in [4.78, 5) is 18.5. The van der Waals surface area contributed by atoms with E-state index in [2.05, 4.69) is 44.8 Å². The van der Waals surface area contributed by atoms with Crippen LogP contribution in [0.3, 0.4) is 0 Å². The Morgan fingerprint density at radius 3 is 2.79 bits per heavy atom. The van der Waals surface area contributed by atoms with E-state index >= 15 is 0 Å². The van der Waals surface area contributed by atoms with Gasteiger partial charge < -0.3 is 14.2 Å². The summed E-state index contributed by atoms with van der Waals surface area (Å²) in [6, 6.07) is 16.0. The van der Waals surface area contributed by atoms with Gasteiger partial charge in [-0.1, -0.05) is 41.9 Å². The number of H-pyrrole nitrogens is 1. The first-order valence-electron chi connectivity index (χ1n) is 10.7. The van der Waals surface area contributed by atoms with Crippen molar-refractivity contribution in [3.05, 3.63) is 87.5 Å². The van der Waals surface area contributed by atoms with E-state index in [-0.39, 0.29) is 6.61 Å². The molecule has 0 aliphatic carbocycles. The number of aliphatic hydroxyl groups excluding tert-OH is 1. The first kappa shape index (κ1) is 21.2. The number of aromatic amines is 1. The van der Waals surface area contributed by atoms with E-state index in [1.807, 2.05) is 41.1 Å². The van der Waals surface area contributed by atoms with Crippen LogP contribution in [0.25, 0.3) is 28.0 Å². The van der Waals surface area contributed by atoms with Crippen LogP contribution < -0.4 is 5.76 Å². The molecule has 0 aliphatic rings. The van der Waals surface area contributed by atoms with Crippen molar-refractivity contribution in [1.29, 1.82) is 0 Å². The quantitative estimate of drug-likeness (QED) is 0.374. The van der Waals surface area contributed by atoms with Gasteiger partial charge in [0.2, 0.25) is 0 Å². The lowest BCUT2D eigenvalue weighted by atomic mass is 10.1. The van der Waals surface area contributed by atoms with Crippen molar-refractivity contribution in [3.8, 4) is 17.1 Å². The van der Waals surface area contributed by atoms with Crippen molar-refractivity contribution in [2.24, 2.45) is 0 Å². The average Bonchev–Trinajstić information content (AvgIpc) is 3.51. The second-order valence-corrected chi connectivity index (χ2v) is 8.16. The SMILES string of the molecule is CCCc1nc(Cl)c(CO)n1Cc1ccc2c(ccn2-c2ccccc2-c2noc(=O)[nH]2)c1. The second-order valence-electron chi connectivity index (χ2n) is 7.80. The van der Waals surface area contributed by atoms with Crippen LogP contribution in [0.5, 0.6) is 0 Å². The molecule has 0 amide bonds. The molecule has 3 heterocycles. The molecule has 0 saturated carbocycles. The lowest BCUT2D eigenvalue weighted by molar-refractivity contribution is 0.271. The van der Waals surface area contributed by atoms with Gasteiger partial charge in [0.25, 0.3) is 0 Å². The maximum atomic E-state index is 11.5. The summed E-state index contributed by atoms with van der Waals surface area (Å²) in [7, 11) is 0. The number of imidazole rings is 1. The molecule has 0 unspecified atom stereocenters. The van der Waals surface area contributed by atoms with Crippen LogP contribution in [0.4, 0.5) is 0 Å². The Hall–Kier alpha value is -3.62. The van der Waals surface area contributed by atoms with Gasteiger partial charge in [0.15, 0.2) is 11.0 Å². The Morgan fingerprint density at radius 1 is 1.18 bits per heavy atom. The van der Waals surface area contributed by atoms with Gasteiger partial charge in [-0.05, 0) is 42.3 Å². The lowest BCUT2D eigenvalue weighted by Crippen LogP contribution is -2.09. The number of aromatic nitrogens is 5. The number of nitrogens with one attached hydrogen (secondary N) is 1. The minimum Gasteiger partial charge on any atom is -0.390 e. The van der Waals surface area contributed by atoms with E-state index in [1.54, 1.807) is 0 Å². The molecule has 0 aliphatic heterocycles. The van der Waals surface area contributed by atoms with Crippen molar-refractivity contribution < 1.29 is 9.63 Å². The van der Waals surface area contributed by atoms with Crippen LogP contribution in [0.2, 0.25) is 5.15 Å². The molecule has 33 heavy (non-hydrogen) atoms. The number of aliphatic hydroxyl groups is 1. The molecule has 0 radical (unpaired) electrons. The molecule has 168 valence electrons. The van der Waals surface area contributed by atoms with E-state index in [1.165, 1.54) is 0 Å². The van der Waals surface area contributed by atoms with Crippen LogP contribution in [0, 0.1) is 0 Å². The zero-order valence-corrected chi connectivity index (χ0v) is 18.7. The summed E-state index contributed by atoms with van der Waals surface area (Å²) in [5.74, 6) is 0.664. The highest BCUT2D eigenvalue weighted by molar-refractivity contribution is 6.30. The summed E-state index contributed by atoms with van der Waals surface area (Å²) in [5, 5.41) is 15.1. The predicted molar refractivity (Wildman–Crippen MR) is 126 cm³/mol. The zero-order chi connectivity index (χ0) is 22.9. The molecule has 0 bridgehead atoms. The van der Waals surface area contributed by atoms with Crippen LogP contribution in [-0.2, 0) is 19.6 Å². The molecule has 0 atom stereocenters. The average molecular weight is 464 g/mol. The summed E-state index contributed by atoms with van der Waals surface area (Å²) >= 11 is 6.26. The molecule has 5 rings (SSSR count). The number of hydrogen-bond acceptors (Lipinski definition) is 5. The van der Waals surface area contributed by atoms with Gasteiger partial charge in [-0.2, -0.15) is 0 Å². The topological polar surface area (TPSA) is 102 Å². The molecule has 8 nitrogen and oxygen atoms in total. The number of para-hydroxylation sites is 1. The number of halogens is 1. The predicted octanol–water partition coefficient (Wildman–Crippen LogP) is 4.32. The van der Waals surface area contributed by atoms with Gasteiger partial charge in [-0.15, -0.1) is 0 Å². The Balaban J connectivity index is 1.54. The van der Waals surface area contributed by atoms with Gasteiger partial charge >= 0.3 is 5.76 Å². The summed E-state index contributed by atoms with van der Waals surface area (Å²) in [6.07, 6.45) is 3.72. The standard InChI is InChI=1S/C24H22ClN5O3/c1-2-5-21-26-22(25)20(14-31)30(21)13-15-8-9-18-16(12-15)10-11-29(18)19-7-4-3-6-17(19)23-27-24(32)33-28-23/h3-4,6-12,31H,2,5,13-14H2,1H3,(H,27,28,32). The number of hydrogen-bond donors (Lipinski definition) is 2. The van der Waals surface area contributed by atoms with Gasteiger partial charge in [0.1, 0.15) is 5.82 Å². The molecule has 0 saturated heterocycles. The first-order valence-corrected chi connectivity index (χ1v) is 11.1. The van der Waals surface area contributed by atoms with Crippen molar-refractivity contribution in [2.75, 3.05) is 0 Å². The van der Waals surface area contributed by atoms with Crippen molar-refractivity contribution in [3.63, 3.8) is 0 Å². The van der Waals surface area contributed by atoms with E-state index < -0.39 is 5.76 Å². The summed E-state index contributed by atoms with van der Waals surface area (Å²) in [6.45, 7) is 2.50. The van der Waals surface area contributed by atoms with Gasteiger partial charge in [-0.25, -0.2) is 9.78 Å². The maximum absolute atomic E-state index is 11.5. The van der Waals surface area contributed by atoms with Crippen LogP contribution in [-0.4, -0.2) is 29.4 Å². The van der Waals surface area contributed by atoms with E-state index in [0.29, 0.717) is 23.2 Å². The molecule has 0 fully saturated rings. The Bertz CT molecular complexity index is 1490. The molecular weight excluding hydrogens is 442 g/mol. The largest absolute Gasteiger partial charge is 0.439 e. The van der Waals surface area contributed by atoms with Crippen molar-refractivity contribution in [1.82, 2.24) is 24.3 Å². The van der Waals surface area contributed by atoms with Crippen LogP contribution >= 0.6 is 11.6 Å². The summed E-state index contributed by atoms with van der Waals surface area (Å²) < 4.78 is 8.75. The third kappa shape index (κ3) is 3.88. The summed E-state index contributed by atoms with van der Waals surface area (Å²) in [5.41, 5.74) is 4.36. The fraction of sp³-hybridized carbons (Fsp3) is 0.208. The molecule has 3 aromatic heterocycles. The number of benzene rings is 2. The Labute approximate surface area is 194 Å². The normalized spacial score (nSPS) is 11.5. The van der Waals surface area contributed by atoms with E-state index in [9.17, 15) is 9.90 Å². The van der Waals surface area contributed by atoms with Gasteiger partial charge in [0.05, 0.1) is 23.5 Å². The Kier molecular flexibility index (Phi) is 5.62. The highest BCUT2D eigenvalue weighted by Crippen LogP contribution is 2.29. The number of aryl methyl sites for hydroxylation is 1. The fourth-order valence-corrected chi connectivity index (χ4v) is 4.43. The highest BCUT2D eigenvalue weighted by Gasteiger charge is 2.16. The molecular formula is C24H22ClN5O3. The maximum Gasteiger partial charge on any atom is 0.439 e. The lowest BCUT2D eigenvalue weighted by Gasteiger charge is -2.12. The van der Waals surface area contributed by atoms with Gasteiger partial charge in [0, 0.05) is 30.1 Å². The van der Waals surface area contributed by atoms with E-state index in [0.717, 1.165) is 46.4 Å². The third-order valence-corrected chi connectivity index (χ3v) is 5.98. The minimum atomic E-state index is -0.592. The van der Waals surface area contributed by atoms with Gasteiger partial charge in [-0.3, -0.25) is 9.51 Å². The minimum absolute atomic E-state index is 0.158. The molecule has 0 spiro atoms. The fourth-order valence-electron chi connectivity index (χ4n) is 4.17. The van der Waals surface area contributed by atoms with Crippen molar-refractivity contribution in [2.45, 2.75) is 32.9 Å². The number of nitrogens with zero attached hydrogens (tertiary/aromatic N) is 4. The monoisotopic (exact) mass is 463 g/mol. The van der Waals surface area contributed by atoms with Crippen molar-refractivity contribution >= 4 is 22.5 Å². The van der Waals surface area contributed by atoms with E-state index in [4.69, 9.17) is 16.1 Å². The molecule has 5 aromatic rings. The number of fused-ring (bicyclic) bond motifs is 1. The second kappa shape index (κ2) is 8.73. The molecule has 2 N–H and O–H groups in total. The molecule has 9 heteroatoms. The highest BCUT2D eigenvalue weighted by atomic mass is 35.5. The molecule has 2 aromatic carbocycles. The number of rotatable bonds is 7. The van der Waals surface area contributed by atoms with Crippen LogP contribution in [0.15, 0.2) is 64.0 Å².